The standard InChI is InChI=1S/C21H23ClN8O/c1-23-14-8-10-4-7-15(14)30(10)21-24-19-16(20(31)29(21)3)18(25-26-19)11-5-6-13-12(17(11)22)9-28(2)27-13/h5-6,9-10,14-15,23H,4,7-8H2,1-3H3,(H,25,26)/t10-,14+,15?/m0/s1. The summed E-state index contributed by atoms with van der Waals surface area (Å²) in [6, 6.07) is 4.94. The second kappa shape index (κ2) is 6.54. The van der Waals surface area contributed by atoms with Crippen molar-refractivity contribution in [2.24, 2.45) is 14.1 Å². The first-order valence-electron chi connectivity index (χ1n) is 10.5. The van der Waals surface area contributed by atoms with Gasteiger partial charge in [-0.15, -0.1) is 0 Å². The van der Waals surface area contributed by atoms with Crippen LogP contribution in [0.2, 0.25) is 5.02 Å². The van der Waals surface area contributed by atoms with Gasteiger partial charge in [0.15, 0.2) is 5.65 Å². The van der Waals surface area contributed by atoms with Gasteiger partial charge in [-0.25, -0.2) is 0 Å². The number of aryl methyl sites for hydroxylation is 1. The molecule has 0 aliphatic carbocycles. The highest BCUT2D eigenvalue weighted by Crippen LogP contribution is 2.41. The first-order chi connectivity index (χ1) is 15.0. The number of anilines is 1. The van der Waals surface area contributed by atoms with E-state index in [-0.39, 0.29) is 5.56 Å². The molecule has 6 rings (SSSR count). The van der Waals surface area contributed by atoms with Crippen LogP contribution in [-0.4, -0.2) is 54.7 Å². The van der Waals surface area contributed by atoms with Crippen molar-refractivity contribution >= 4 is 39.5 Å². The topological polar surface area (TPSA) is 96.7 Å². The monoisotopic (exact) mass is 438 g/mol. The van der Waals surface area contributed by atoms with Crippen LogP contribution < -0.4 is 15.8 Å². The van der Waals surface area contributed by atoms with Crippen molar-refractivity contribution in [3.8, 4) is 11.3 Å². The molecule has 3 aromatic heterocycles. The molecule has 160 valence electrons. The zero-order valence-electron chi connectivity index (χ0n) is 17.6. The van der Waals surface area contributed by atoms with Crippen molar-refractivity contribution in [3.63, 3.8) is 0 Å². The molecule has 3 atom stereocenters. The van der Waals surface area contributed by atoms with Crippen molar-refractivity contribution in [2.75, 3.05) is 11.9 Å². The zero-order valence-corrected chi connectivity index (χ0v) is 18.3. The maximum atomic E-state index is 13.5. The van der Waals surface area contributed by atoms with Crippen molar-refractivity contribution < 1.29 is 0 Å². The molecule has 0 spiro atoms. The average Bonchev–Trinajstić information content (AvgIpc) is 3.52. The Morgan fingerprint density at radius 1 is 1.26 bits per heavy atom. The largest absolute Gasteiger partial charge is 0.335 e. The normalized spacial score (nSPS) is 23.0. The summed E-state index contributed by atoms with van der Waals surface area (Å²) >= 11 is 6.70. The molecule has 31 heavy (non-hydrogen) atoms. The Labute approximate surface area is 183 Å². The van der Waals surface area contributed by atoms with Crippen LogP contribution in [0.25, 0.3) is 33.2 Å². The molecule has 2 aliphatic rings. The smallest absolute Gasteiger partial charge is 0.266 e. The molecule has 2 saturated heterocycles. The molecule has 0 saturated carbocycles. The Balaban J connectivity index is 1.52. The molecule has 1 unspecified atom stereocenters. The summed E-state index contributed by atoms with van der Waals surface area (Å²) in [4.78, 5) is 20.7. The fourth-order valence-corrected chi connectivity index (χ4v) is 5.75. The molecule has 2 fully saturated rings. The van der Waals surface area contributed by atoms with Crippen LogP contribution in [0.4, 0.5) is 5.95 Å². The molecule has 2 bridgehead atoms. The van der Waals surface area contributed by atoms with Gasteiger partial charge in [-0.1, -0.05) is 11.6 Å². The summed E-state index contributed by atoms with van der Waals surface area (Å²) in [5.74, 6) is 0.701. The van der Waals surface area contributed by atoms with E-state index in [0.29, 0.717) is 51.4 Å². The van der Waals surface area contributed by atoms with Crippen LogP contribution >= 0.6 is 11.6 Å². The summed E-state index contributed by atoms with van der Waals surface area (Å²) in [5.41, 5.74) is 2.37. The molecule has 4 aromatic rings. The number of hydrogen-bond acceptors (Lipinski definition) is 6. The van der Waals surface area contributed by atoms with Crippen molar-refractivity contribution in [2.45, 2.75) is 37.4 Å². The minimum atomic E-state index is -0.126. The lowest BCUT2D eigenvalue weighted by Gasteiger charge is -2.26. The quantitative estimate of drug-likeness (QED) is 0.509. The molecule has 2 aliphatic heterocycles. The Morgan fingerprint density at radius 3 is 2.87 bits per heavy atom. The minimum absolute atomic E-state index is 0.126. The van der Waals surface area contributed by atoms with Crippen LogP contribution in [0.5, 0.6) is 0 Å². The lowest BCUT2D eigenvalue weighted by atomic mass is 9.96. The van der Waals surface area contributed by atoms with Gasteiger partial charge in [0.25, 0.3) is 5.56 Å². The fraction of sp³-hybridized carbons (Fsp3) is 0.429. The van der Waals surface area contributed by atoms with Gasteiger partial charge in [-0.2, -0.15) is 15.2 Å². The average molecular weight is 439 g/mol. The number of fused-ring (bicyclic) bond motifs is 4. The summed E-state index contributed by atoms with van der Waals surface area (Å²) in [6.45, 7) is 0. The summed E-state index contributed by atoms with van der Waals surface area (Å²) < 4.78 is 3.37. The SMILES string of the molecule is CN[C@@H]1C[C@@H]2CCC1N2c1nc2[nH]nc(-c3ccc4nn(C)cc4c3Cl)c2c(=O)n1C. The van der Waals surface area contributed by atoms with E-state index in [1.54, 1.807) is 16.3 Å². The van der Waals surface area contributed by atoms with E-state index < -0.39 is 0 Å². The second-order valence-electron chi connectivity index (χ2n) is 8.57. The van der Waals surface area contributed by atoms with Crippen LogP contribution in [0.1, 0.15) is 19.3 Å². The van der Waals surface area contributed by atoms with Gasteiger partial charge < -0.3 is 10.2 Å². The lowest BCUT2D eigenvalue weighted by Crippen LogP contribution is -2.41. The van der Waals surface area contributed by atoms with E-state index >= 15 is 0 Å². The van der Waals surface area contributed by atoms with Crippen molar-refractivity contribution in [3.05, 3.63) is 33.7 Å². The number of H-pyrrole nitrogens is 1. The minimum Gasteiger partial charge on any atom is -0.335 e. The predicted molar refractivity (Wildman–Crippen MR) is 121 cm³/mol. The number of aromatic nitrogens is 6. The van der Waals surface area contributed by atoms with Gasteiger partial charge in [0, 0.05) is 49.4 Å². The Kier molecular flexibility index (Phi) is 3.97. The third-order valence-electron chi connectivity index (χ3n) is 6.91. The molecule has 0 amide bonds. The number of rotatable bonds is 3. The van der Waals surface area contributed by atoms with Crippen LogP contribution in [0.15, 0.2) is 23.1 Å². The molecule has 9 nitrogen and oxygen atoms in total. The van der Waals surface area contributed by atoms with E-state index in [2.05, 4.69) is 25.5 Å². The molecule has 1 aromatic carbocycles. The maximum Gasteiger partial charge on any atom is 0.266 e. The van der Waals surface area contributed by atoms with Gasteiger partial charge >= 0.3 is 0 Å². The Morgan fingerprint density at radius 2 is 2.10 bits per heavy atom. The Hall–Kier alpha value is -2.91. The number of likely N-dealkylation sites (N-methyl/N-ethyl adjacent to an activating group) is 1. The highest BCUT2D eigenvalue weighted by atomic mass is 35.5. The molecular weight excluding hydrogens is 416 g/mol. The third-order valence-corrected chi connectivity index (χ3v) is 7.32. The van der Waals surface area contributed by atoms with Crippen molar-refractivity contribution in [1.29, 1.82) is 0 Å². The molecular formula is C21H23ClN8O. The van der Waals surface area contributed by atoms with Crippen LogP contribution in [-0.2, 0) is 14.1 Å². The number of nitrogens with zero attached hydrogens (tertiary/aromatic N) is 6. The van der Waals surface area contributed by atoms with Gasteiger partial charge in [0.05, 0.1) is 10.5 Å². The number of benzene rings is 1. The highest BCUT2D eigenvalue weighted by molar-refractivity contribution is 6.38. The van der Waals surface area contributed by atoms with E-state index in [0.717, 1.165) is 30.2 Å². The first-order valence-corrected chi connectivity index (χ1v) is 10.9. The zero-order chi connectivity index (χ0) is 21.4. The molecule has 10 heteroatoms. The number of halogens is 1. The number of nitrogens with one attached hydrogen (secondary N) is 2. The first kappa shape index (κ1) is 18.8. The summed E-state index contributed by atoms with van der Waals surface area (Å²) in [6.07, 6.45) is 5.18. The summed E-state index contributed by atoms with van der Waals surface area (Å²) in [7, 11) is 5.65. The molecule has 2 N–H and O–H groups in total. The number of aromatic amines is 1. The van der Waals surface area contributed by atoms with Gasteiger partial charge in [-0.3, -0.25) is 19.1 Å². The fourth-order valence-electron chi connectivity index (χ4n) is 5.45. The van der Waals surface area contributed by atoms with E-state index in [1.165, 1.54) is 0 Å². The summed E-state index contributed by atoms with van der Waals surface area (Å²) in [5, 5.41) is 17.0. The van der Waals surface area contributed by atoms with E-state index in [1.807, 2.05) is 32.4 Å². The van der Waals surface area contributed by atoms with Gasteiger partial charge in [0.2, 0.25) is 5.95 Å². The van der Waals surface area contributed by atoms with E-state index in [9.17, 15) is 4.79 Å². The predicted octanol–water partition coefficient (Wildman–Crippen LogP) is 2.19. The maximum absolute atomic E-state index is 13.5. The lowest BCUT2D eigenvalue weighted by molar-refractivity contribution is 0.445. The molecule has 0 radical (unpaired) electrons. The van der Waals surface area contributed by atoms with Crippen LogP contribution in [0.3, 0.4) is 0 Å². The van der Waals surface area contributed by atoms with Gasteiger partial charge in [-0.05, 0) is 38.4 Å². The van der Waals surface area contributed by atoms with Crippen molar-refractivity contribution in [1.82, 2.24) is 34.8 Å². The Bertz CT molecular complexity index is 1400. The van der Waals surface area contributed by atoms with Crippen LogP contribution in [0, 0.1) is 0 Å². The third kappa shape index (κ3) is 2.53. The number of hydrogen-bond donors (Lipinski definition) is 2. The molecule has 5 heterocycles. The van der Waals surface area contributed by atoms with E-state index in [4.69, 9.17) is 16.6 Å². The highest BCUT2D eigenvalue weighted by Gasteiger charge is 2.47. The van der Waals surface area contributed by atoms with Gasteiger partial charge in [0.1, 0.15) is 11.1 Å². The second-order valence-corrected chi connectivity index (χ2v) is 8.95.